The van der Waals surface area contributed by atoms with Crippen molar-refractivity contribution in [2.75, 3.05) is 0 Å². The third kappa shape index (κ3) is 3.34. The summed E-state index contributed by atoms with van der Waals surface area (Å²) in [6, 6.07) is 9.06. The molecular weight excluding hydrogens is 308 g/mol. The van der Waals surface area contributed by atoms with E-state index in [-0.39, 0.29) is 10.9 Å². The van der Waals surface area contributed by atoms with Crippen molar-refractivity contribution in [1.82, 2.24) is 20.2 Å². The van der Waals surface area contributed by atoms with Gasteiger partial charge in [0.05, 0.1) is 5.69 Å². The minimum Gasteiger partial charge on any atom is -0.262 e. The molecule has 0 bridgehead atoms. The number of H-pyrrole nitrogens is 1. The van der Waals surface area contributed by atoms with Crippen LogP contribution in [0.25, 0.3) is 0 Å². The van der Waals surface area contributed by atoms with Gasteiger partial charge >= 0.3 is 0 Å². The highest BCUT2D eigenvalue weighted by Gasteiger charge is 2.21. The Morgan fingerprint density at radius 1 is 1.19 bits per heavy atom. The van der Waals surface area contributed by atoms with Gasteiger partial charge in [0.15, 0.2) is 0 Å². The first-order valence-electron chi connectivity index (χ1n) is 6.20. The summed E-state index contributed by atoms with van der Waals surface area (Å²) >= 11 is 1.59. The van der Waals surface area contributed by atoms with Crippen LogP contribution in [0.3, 0.4) is 0 Å². The van der Waals surface area contributed by atoms with Crippen molar-refractivity contribution in [2.24, 2.45) is 0 Å². The maximum atomic E-state index is 12.2. The maximum absolute atomic E-state index is 12.2. The van der Waals surface area contributed by atoms with Gasteiger partial charge in [-0.15, -0.1) is 16.4 Å². The van der Waals surface area contributed by atoms with E-state index in [0.29, 0.717) is 17.9 Å². The number of nitrogens with zero attached hydrogens (tertiary/aromatic N) is 3. The molecule has 0 aliphatic carbocycles. The van der Waals surface area contributed by atoms with Gasteiger partial charge in [0.25, 0.3) is 5.16 Å². The van der Waals surface area contributed by atoms with Crippen LogP contribution in [0.1, 0.15) is 16.4 Å². The van der Waals surface area contributed by atoms with E-state index in [1.165, 1.54) is 0 Å². The first-order chi connectivity index (χ1) is 10.1. The molecule has 3 aromatic heterocycles. The van der Waals surface area contributed by atoms with E-state index in [4.69, 9.17) is 0 Å². The second kappa shape index (κ2) is 5.74. The fourth-order valence-electron chi connectivity index (χ4n) is 1.82. The largest absolute Gasteiger partial charge is 0.267 e. The third-order valence-corrected chi connectivity index (χ3v) is 5.07. The zero-order valence-electron chi connectivity index (χ0n) is 10.9. The molecular formula is C13H12N4O2S2. The van der Waals surface area contributed by atoms with Gasteiger partial charge in [-0.05, 0) is 23.6 Å². The Bertz CT molecular complexity index is 811. The molecule has 8 heteroatoms. The normalized spacial score (nSPS) is 11.6. The van der Waals surface area contributed by atoms with E-state index >= 15 is 0 Å². The number of sulfone groups is 1. The van der Waals surface area contributed by atoms with Crippen LogP contribution in [0.5, 0.6) is 0 Å². The molecule has 0 amide bonds. The molecule has 0 saturated carbocycles. The molecule has 0 radical (unpaired) electrons. The van der Waals surface area contributed by atoms with Crippen LogP contribution in [-0.4, -0.2) is 28.6 Å². The molecule has 3 rings (SSSR count). The van der Waals surface area contributed by atoms with Gasteiger partial charge in [-0.1, -0.05) is 12.1 Å². The van der Waals surface area contributed by atoms with Crippen molar-refractivity contribution < 1.29 is 8.42 Å². The summed E-state index contributed by atoms with van der Waals surface area (Å²) in [4.78, 5) is 9.19. The van der Waals surface area contributed by atoms with Gasteiger partial charge in [0.2, 0.25) is 9.84 Å². The van der Waals surface area contributed by atoms with Crippen LogP contribution >= 0.6 is 11.3 Å². The summed E-state index contributed by atoms with van der Waals surface area (Å²) in [6.07, 6.45) is 2.11. The lowest BCUT2D eigenvalue weighted by molar-refractivity contribution is 0.586. The van der Waals surface area contributed by atoms with Crippen LogP contribution in [0, 0.1) is 0 Å². The zero-order chi connectivity index (χ0) is 14.7. The second-order valence-electron chi connectivity index (χ2n) is 4.40. The number of pyridine rings is 1. The zero-order valence-corrected chi connectivity index (χ0v) is 12.6. The predicted octanol–water partition coefficient (Wildman–Crippen LogP) is 1.83. The van der Waals surface area contributed by atoms with Crippen molar-refractivity contribution in [2.45, 2.75) is 17.3 Å². The molecule has 0 aliphatic heterocycles. The minimum atomic E-state index is -3.58. The molecule has 0 aromatic carbocycles. The van der Waals surface area contributed by atoms with E-state index < -0.39 is 9.84 Å². The molecule has 21 heavy (non-hydrogen) atoms. The van der Waals surface area contributed by atoms with Gasteiger partial charge in [-0.2, -0.15) is 0 Å². The van der Waals surface area contributed by atoms with Crippen molar-refractivity contribution in [3.63, 3.8) is 0 Å². The predicted molar refractivity (Wildman–Crippen MR) is 78.6 cm³/mol. The fourth-order valence-corrected chi connectivity index (χ4v) is 3.65. The first-order valence-corrected chi connectivity index (χ1v) is 8.73. The molecule has 6 nitrogen and oxygen atoms in total. The van der Waals surface area contributed by atoms with Gasteiger partial charge in [0, 0.05) is 17.5 Å². The Balaban J connectivity index is 1.78. The number of hydrogen-bond acceptors (Lipinski definition) is 6. The highest BCUT2D eigenvalue weighted by molar-refractivity contribution is 7.90. The molecule has 0 spiro atoms. The molecule has 108 valence electrons. The number of thiophene rings is 1. The number of aromatic nitrogens is 4. The lowest BCUT2D eigenvalue weighted by Crippen LogP contribution is -2.08. The number of rotatable bonds is 5. The van der Waals surface area contributed by atoms with Crippen molar-refractivity contribution in [3.8, 4) is 0 Å². The van der Waals surface area contributed by atoms with Crippen molar-refractivity contribution in [1.29, 1.82) is 0 Å². The highest BCUT2D eigenvalue weighted by Crippen LogP contribution is 2.15. The Labute approximate surface area is 125 Å². The van der Waals surface area contributed by atoms with Gasteiger partial charge < -0.3 is 0 Å². The molecule has 3 aromatic rings. The Kier molecular flexibility index (Phi) is 3.80. The molecule has 0 saturated heterocycles. The Morgan fingerprint density at radius 3 is 2.81 bits per heavy atom. The maximum Gasteiger partial charge on any atom is 0.267 e. The summed E-state index contributed by atoms with van der Waals surface area (Å²) < 4.78 is 24.5. The van der Waals surface area contributed by atoms with Crippen LogP contribution < -0.4 is 0 Å². The number of nitrogens with one attached hydrogen (secondary N) is 1. The molecule has 3 heterocycles. The lowest BCUT2D eigenvalue weighted by atomic mass is 10.3. The van der Waals surface area contributed by atoms with E-state index in [0.717, 1.165) is 4.88 Å². The van der Waals surface area contributed by atoms with Crippen LogP contribution in [0.2, 0.25) is 0 Å². The lowest BCUT2D eigenvalue weighted by Gasteiger charge is -1.98. The second-order valence-corrected chi connectivity index (χ2v) is 7.32. The Hall–Kier alpha value is -2.06. The fraction of sp³-hybridized carbons (Fsp3) is 0.154. The van der Waals surface area contributed by atoms with Gasteiger partial charge in [-0.25, -0.2) is 13.4 Å². The Morgan fingerprint density at radius 2 is 2.10 bits per heavy atom. The summed E-state index contributed by atoms with van der Waals surface area (Å²) in [5.74, 6) is 0.335. The highest BCUT2D eigenvalue weighted by atomic mass is 32.2. The molecule has 1 N–H and O–H groups in total. The third-order valence-electron chi connectivity index (χ3n) is 2.78. The average Bonchev–Trinajstić information content (AvgIpc) is 3.12. The van der Waals surface area contributed by atoms with E-state index in [1.54, 1.807) is 35.7 Å². The van der Waals surface area contributed by atoms with Crippen LogP contribution in [-0.2, 0) is 22.0 Å². The van der Waals surface area contributed by atoms with E-state index in [9.17, 15) is 8.42 Å². The standard InChI is InChI=1S/C13H12N4O2S2/c18-21(19,9-10-4-1-2-6-14-10)13-15-12(16-17-13)8-11-5-3-7-20-11/h1-7H,8-9H2,(H,15,16,17). The minimum absolute atomic E-state index is 0.181. The first kappa shape index (κ1) is 13.9. The average molecular weight is 320 g/mol. The molecule has 0 aliphatic rings. The summed E-state index contributed by atoms with van der Waals surface area (Å²) in [5.41, 5.74) is 0.474. The molecule has 0 fully saturated rings. The van der Waals surface area contributed by atoms with Crippen molar-refractivity contribution in [3.05, 3.63) is 58.3 Å². The van der Waals surface area contributed by atoms with Crippen LogP contribution in [0.15, 0.2) is 47.1 Å². The quantitative estimate of drug-likeness (QED) is 0.774. The summed E-state index contributed by atoms with van der Waals surface area (Å²) in [7, 11) is -3.58. The van der Waals surface area contributed by atoms with E-state index in [1.807, 2.05) is 17.5 Å². The molecule has 0 atom stereocenters. The number of hydrogen-bond donors (Lipinski definition) is 1. The van der Waals surface area contributed by atoms with Gasteiger partial charge in [-0.3, -0.25) is 10.1 Å². The van der Waals surface area contributed by atoms with Crippen molar-refractivity contribution >= 4 is 21.2 Å². The summed E-state index contributed by atoms with van der Waals surface area (Å²) in [6.45, 7) is 0. The smallest absolute Gasteiger partial charge is 0.262 e. The van der Waals surface area contributed by atoms with E-state index in [2.05, 4.69) is 20.2 Å². The SMILES string of the molecule is O=S(=O)(Cc1ccccn1)c1n[nH]c(Cc2cccs2)n1. The summed E-state index contributed by atoms with van der Waals surface area (Å²) in [5, 5.41) is 8.28. The topological polar surface area (TPSA) is 88.6 Å². The van der Waals surface area contributed by atoms with Crippen LogP contribution in [0.4, 0.5) is 0 Å². The monoisotopic (exact) mass is 320 g/mol. The van der Waals surface area contributed by atoms with Gasteiger partial charge in [0.1, 0.15) is 11.6 Å². The number of aromatic amines is 1. The molecule has 0 unspecified atom stereocenters.